The van der Waals surface area contributed by atoms with Crippen LogP contribution in [0.2, 0.25) is 0 Å². The van der Waals surface area contributed by atoms with Gasteiger partial charge in [0.1, 0.15) is 24.8 Å². The molecule has 0 heterocycles. The zero-order chi connectivity index (χ0) is 38.7. The number of Topliss-reactive ketones (excluding diaryl/α,β-unsaturated/α-hetero) is 3. The van der Waals surface area contributed by atoms with Crippen molar-refractivity contribution < 1.29 is 62.7 Å². The van der Waals surface area contributed by atoms with Crippen LogP contribution in [-0.4, -0.2) is 123 Å². The summed E-state index contributed by atoms with van der Waals surface area (Å²) in [5.74, 6) is -3.43. The second-order valence-corrected chi connectivity index (χ2v) is 13.0. The van der Waals surface area contributed by atoms with Gasteiger partial charge in [-0.2, -0.15) is 0 Å². The second kappa shape index (κ2) is 35.3. The number of carboxylic acid groups (broad SMARTS) is 2. The van der Waals surface area contributed by atoms with E-state index in [0.29, 0.717) is 70.0 Å². The summed E-state index contributed by atoms with van der Waals surface area (Å²) >= 11 is 3.09. The quantitative estimate of drug-likeness (QED) is 0.0514. The van der Waals surface area contributed by atoms with E-state index in [1.54, 1.807) is 0 Å². The summed E-state index contributed by atoms with van der Waals surface area (Å²) in [4.78, 5) is 81.3. The number of rotatable bonds is 39. The van der Waals surface area contributed by atoms with Crippen LogP contribution in [0.15, 0.2) is 0 Å². The maximum absolute atomic E-state index is 12.3. The van der Waals surface area contributed by atoms with Crippen LogP contribution in [0, 0.1) is 5.92 Å². The van der Waals surface area contributed by atoms with Gasteiger partial charge in [0.05, 0.1) is 44.3 Å². The van der Waals surface area contributed by atoms with Crippen molar-refractivity contribution in [1.82, 2.24) is 10.6 Å². The molecule has 0 bridgehead atoms. The van der Waals surface area contributed by atoms with Crippen molar-refractivity contribution >= 4 is 57.0 Å². The lowest BCUT2D eigenvalue weighted by Crippen LogP contribution is -2.29. The van der Waals surface area contributed by atoms with Gasteiger partial charge in [-0.05, 0) is 32.1 Å². The van der Waals surface area contributed by atoms with E-state index in [1.165, 1.54) is 0 Å². The molecule has 0 aromatic carbocycles. The molecular weight excluding hydrogens is 748 g/mol. The maximum atomic E-state index is 12.3. The number of halogens is 1. The van der Waals surface area contributed by atoms with Crippen LogP contribution in [0.25, 0.3) is 0 Å². The molecular formula is C36H61BrN2O13. The van der Waals surface area contributed by atoms with Crippen LogP contribution in [0.4, 0.5) is 0 Å². The molecule has 0 fully saturated rings. The molecule has 0 spiro atoms. The van der Waals surface area contributed by atoms with Gasteiger partial charge < -0.3 is 39.8 Å². The second-order valence-electron chi connectivity index (χ2n) is 12.5. The Bertz CT molecular complexity index is 1030. The molecule has 52 heavy (non-hydrogen) atoms. The molecule has 16 heteroatoms. The zero-order valence-electron chi connectivity index (χ0n) is 30.6. The molecule has 0 aromatic rings. The van der Waals surface area contributed by atoms with E-state index in [9.17, 15) is 38.7 Å². The van der Waals surface area contributed by atoms with Gasteiger partial charge in [0.2, 0.25) is 11.8 Å². The Balaban J connectivity index is 3.67. The predicted octanol–water partition coefficient (Wildman–Crippen LogP) is 3.80. The summed E-state index contributed by atoms with van der Waals surface area (Å²) in [5.41, 5.74) is 0. The largest absolute Gasteiger partial charge is 0.481 e. The fourth-order valence-corrected chi connectivity index (χ4v) is 5.15. The minimum Gasteiger partial charge on any atom is -0.481 e. The number of ketones is 3. The van der Waals surface area contributed by atoms with Crippen molar-refractivity contribution in [2.24, 2.45) is 5.92 Å². The lowest BCUT2D eigenvalue weighted by atomic mass is 9.94. The van der Waals surface area contributed by atoms with Crippen LogP contribution >= 0.6 is 15.9 Å². The molecule has 300 valence electrons. The Hall–Kier alpha value is -2.79. The number of unbranched alkanes of at least 4 members (excludes halogenated alkanes) is 7. The standard InChI is InChI=1S/C36H61BrN2O13/c37-26-31(41)12-9-17-38-34(44)28-52-24-21-49-19-10-13-32(42)27-51-23-22-50-20-18-39-33(43)16-15-29(36(47)48)25-30(40)11-7-5-3-1-2-4-6-8-14-35(45)46/h29H,1-28H2,(H,38,44)(H,39,43)(H,45,46)(H,47,48)/t29-/m1/s1. The third kappa shape index (κ3) is 34.3. The van der Waals surface area contributed by atoms with Crippen molar-refractivity contribution in [3.8, 4) is 0 Å². The molecule has 1 atom stereocenters. The first-order valence-electron chi connectivity index (χ1n) is 18.4. The van der Waals surface area contributed by atoms with Gasteiger partial charge in [-0.15, -0.1) is 0 Å². The van der Waals surface area contributed by atoms with Gasteiger partial charge in [-0.3, -0.25) is 33.6 Å². The highest BCUT2D eigenvalue weighted by molar-refractivity contribution is 9.09. The molecule has 4 N–H and O–H groups in total. The molecule has 0 saturated carbocycles. The average Bonchev–Trinajstić information content (AvgIpc) is 3.11. The summed E-state index contributed by atoms with van der Waals surface area (Å²) in [6, 6.07) is 0. The van der Waals surface area contributed by atoms with E-state index in [-0.39, 0.29) is 101 Å². The van der Waals surface area contributed by atoms with Crippen LogP contribution < -0.4 is 10.6 Å². The Morgan fingerprint density at radius 2 is 1.04 bits per heavy atom. The summed E-state index contributed by atoms with van der Waals surface area (Å²) in [6.45, 7) is 2.09. The zero-order valence-corrected chi connectivity index (χ0v) is 32.2. The molecule has 0 saturated heterocycles. The number of carbonyl (C=O) groups is 7. The summed E-state index contributed by atoms with van der Waals surface area (Å²) in [7, 11) is 0. The van der Waals surface area contributed by atoms with E-state index in [0.717, 1.165) is 38.5 Å². The molecule has 0 unspecified atom stereocenters. The molecule has 15 nitrogen and oxygen atoms in total. The number of carbonyl (C=O) groups excluding carboxylic acids is 5. The maximum Gasteiger partial charge on any atom is 0.306 e. The highest BCUT2D eigenvalue weighted by Gasteiger charge is 2.22. The Kier molecular flexibility index (Phi) is 33.4. The first-order chi connectivity index (χ1) is 25.0. The van der Waals surface area contributed by atoms with Crippen molar-refractivity contribution in [1.29, 1.82) is 0 Å². The van der Waals surface area contributed by atoms with Crippen LogP contribution in [-0.2, 0) is 52.5 Å². The average molecular weight is 810 g/mol. The first kappa shape index (κ1) is 49.2. The Morgan fingerprint density at radius 1 is 0.500 bits per heavy atom. The number of amides is 2. The normalized spacial score (nSPS) is 11.6. The number of carboxylic acids is 2. The molecule has 0 aliphatic rings. The predicted molar refractivity (Wildman–Crippen MR) is 195 cm³/mol. The van der Waals surface area contributed by atoms with Crippen molar-refractivity contribution in [2.75, 3.05) is 71.3 Å². The van der Waals surface area contributed by atoms with Gasteiger partial charge >= 0.3 is 11.9 Å². The van der Waals surface area contributed by atoms with Gasteiger partial charge in [-0.25, -0.2) is 0 Å². The van der Waals surface area contributed by atoms with E-state index in [2.05, 4.69) is 26.6 Å². The highest BCUT2D eigenvalue weighted by Crippen LogP contribution is 2.16. The van der Waals surface area contributed by atoms with E-state index >= 15 is 0 Å². The van der Waals surface area contributed by atoms with E-state index in [1.807, 2.05) is 0 Å². The lowest BCUT2D eigenvalue weighted by Gasteiger charge is -2.12. The summed E-state index contributed by atoms with van der Waals surface area (Å²) in [6.07, 6.45) is 9.57. The van der Waals surface area contributed by atoms with E-state index in [4.69, 9.17) is 24.1 Å². The van der Waals surface area contributed by atoms with Crippen LogP contribution in [0.5, 0.6) is 0 Å². The molecule has 2 amide bonds. The van der Waals surface area contributed by atoms with Crippen LogP contribution in [0.3, 0.4) is 0 Å². The smallest absolute Gasteiger partial charge is 0.306 e. The Morgan fingerprint density at radius 3 is 1.67 bits per heavy atom. The van der Waals surface area contributed by atoms with E-state index < -0.39 is 17.9 Å². The van der Waals surface area contributed by atoms with Gasteiger partial charge in [0, 0.05) is 58.2 Å². The number of ether oxygens (including phenoxy) is 4. The van der Waals surface area contributed by atoms with Crippen molar-refractivity contribution in [3.63, 3.8) is 0 Å². The molecule has 0 radical (unpaired) electrons. The summed E-state index contributed by atoms with van der Waals surface area (Å²) < 4.78 is 21.3. The molecule has 0 rings (SSSR count). The van der Waals surface area contributed by atoms with Crippen molar-refractivity contribution in [3.05, 3.63) is 0 Å². The summed E-state index contributed by atoms with van der Waals surface area (Å²) in [5, 5.41) is 23.8. The fourth-order valence-electron chi connectivity index (χ4n) is 4.87. The molecule has 0 aromatic heterocycles. The minimum atomic E-state index is -1.09. The lowest BCUT2D eigenvalue weighted by molar-refractivity contribution is -0.144. The number of hydrogen-bond donors (Lipinski definition) is 4. The van der Waals surface area contributed by atoms with Crippen LogP contribution in [0.1, 0.15) is 109 Å². The van der Waals surface area contributed by atoms with Gasteiger partial charge in [0.25, 0.3) is 0 Å². The van der Waals surface area contributed by atoms with Gasteiger partial charge in [0.15, 0.2) is 5.78 Å². The number of aliphatic carboxylic acids is 2. The fraction of sp³-hybridized carbons (Fsp3) is 0.806. The number of hydrogen-bond acceptors (Lipinski definition) is 11. The SMILES string of the molecule is O=C(O)CCCCCCCCCCC(=O)C[C@@H](CCC(=O)NCCOCCOCC(=O)CCCOCCOCC(=O)NCCCC(=O)CBr)C(=O)O. The third-order valence-corrected chi connectivity index (χ3v) is 8.42. The highest BCUT2D eigenvalue weighted by atomic mass is 79.9. The Labute approximate surface area is 316 Å². The number of alkyl halides is 1. The topological polar surface area (TPSA) is 221 Å². The monoisotopic (exact) mass is 808 g/mol. The van der Waals surface area contributed by atoms with Gasteiger partial charge in [-0.1, -0.05) is 54.5 Å². The molecule has 0 aliphatic heterocycles. The number of nitrogens with one attached hydrogen (secondary N) is 2. The minimum absolute atomic E-state index is 0.0106. The van der Waals surface area contributed by atoms with Crippen molar-refractivity contribution in [2.45, 2.75) is 109 Å². The third-order valence-electron chi connectivity index (χ3n) is 7.80. The molecule has 0 aliphatic carbocycles. The first-order valence-corrected chi connectivity index (χ1v) is 19.6.